The maximum atomic E-state index is 14.4. The first-order valence-corrected chi connectivity index (χ1v) is 7.73. The first kappa shape index (κ1) is 17.0. The van der Waals surface area contributed by atoms with Gasteiger partial charge in [-0.25, -0.2) is 18.4 Å². The topological polar surface area (TPSA) is 49.2 Å². The summed E-state index contributed by atoms with van der Waals surface area (Å²) in [6, 6.07) is 3.46. The number of aromatic nitrogens is 3. The van der Waals surface area contributed by atoms with Crippen LogP contribution in [0.15, 0.2) is 30.9 Å². The van der Waals surface area contributed by atoms with E-state index in [1.807, 2.05) is 0 Å². The molecule has 5 nitrogen and oxygen atoms in total. The Morgan fingerprint density at radius 3 is 3.00 bits per heavy atom. The molecule has 1 aliphatic heterocycles. The van der Waals surface area contributed by atoms with Crippen LogP contribution in [0.1, 0.15) is 12.0 Å². The molecule has 2 atom stereocenters. The van der Waals surface area contributed by atoms with Crippen molar-refractivity contribution in [2.75, 3.05) is 13.2 Å². The Bertz CT molecular complexity index is 732. The van der Waals surface area contributed by atoms with Gasteiger partial charge in [-0.3, -0.25) is 0 Å². The Kier molecular flexibility index (Phi) is 4.91. The largest absolute Gasteiger partial charge is 0.498 e. The number of thiocarbonyl (C=S) groups is 1. The van der Waals surface area contributed by atoms with Crippen molar-refractivity contribution in [2.45, 2.75) is 18.6 Å². The second-order valence-electron chi connectivity index (χ2n) is 5.72. The van der Waals surface area contributed by atoms with E-state index < -0.39 is 17.2 Å². The lowest BCUT2D eigenvalue weighted by atomic mass is 9.87. The molecule has 0 amide bonds. The molecule has 2 heterocycles. The standard InChI is InChI=1S/C15H14BF2N3O2S/c16-14(24)22-5-10-4-15(23-6-10,7-21-9-19-8-20-21)12-2-1-11(17)3-13(12)18/h1-3,8-10H,4-7H2/t10-,15-/m1/s1. The summed E-state index contributed by atoms with van der Waals surface area (Å²) in [5.41, 5.74) is -0.715. The minimum atomic E-state index is -0.990. The van der Waals surface area contributed by atoms with E-state index in [-0.39, 0.29) is 29.6 Å². The van der Waals surface area contributed by atoms with Crippen molar-refractivity contribution < 1.29 is 18.3 Å². The Balaban J connectivity index is 1.89. The van der Waals surface area contributed by atoms with E-state index in [2.05, 4.69) is 10.1 Å². The smallest absolute Gasteiger partial charge is 0.183 e. The lowest BCUT2D eigenvalue weighted by Gasteiger charge is -2.29. The first-order valence-electron chi connectivity index (χ1n) is 7.33. The third-order valence-corrected chi connectivity index (χ3v) is 4.10. The summed E-state index contributed by atoms with van der Waals surface area (Å²) in [5, 5.41) is 4.05. The zero-order valence-corrected chi connectivity index (χ0v) is 13.5. The highest BCUT2D eigenvalue weighted by Gasteiger charge is 2.44. The van der Waals surface area contributed by atoms with Crippen LogP contribution in [0.3, 0.4) is 0 Å². The molecule has 0 saturated carbocycles. The van der Waals surface area contributed by atoms with Gasteiger partial charge in [0, 0.05) is 17.5 Å². The Hall–Kier alpha value is -1.87. The average molecular weight is 349 g/mol. The van der Waals surface area contributed by atoms with Gasteiger partial charge in [-0.2, -0.15) is 5.10 Å². The highest BCUT2D eigenvalue weighted by atomic mass is 32.1. The first-order chi connectivity index (χ1) is 11.5. The number of nitrogens with zero attached hydrogens (tertiary/aromatic N) is 3. The molecule has 0 spiro atoms. The molecular formula is C15H14BF2N3O2S. The van der Waals surface area contributed by atoms with E-state index in [9.17, 15) is 8.78 Å². The van der Waals surface area contributed by atoms with Gasteiger partial charge in [0.05, 0.1) is 24.7 Å². The predicted molar refractivity (Wildman–Crippen MR) is 86.4 cm³/mol. The molecule has 1 aliphatic rings. The van der Waals surface area contributed by atoms with Crippen LogP contribution in [0.2, 0.25) is 0 Å². The third kappa shape index (κ3) is 3.62. The number of rotatable bonds is 5. The van der Waals surface area contributed by atoms with Gasteiger partial charge in [-0.15, -0.1) is 0 Å². The van der Waals surface area contributed by atoms with Crippen LogP contribution in [0.4, 0.5) is 8.78 Å². The summed E-state index contributed by atoms with van der Waals surface area (Å²) in [5.74, 6) is -1.33. The van der Waals surface area contributed by atoms with Crippen LogP contribution < -0.4 is 0 Å². The lowest BCUT2D eigenvalue weighted by molar-refractivity contribution is -0.0206. The van der Waals surface area contributed by atoms with Crippen molar-refractivity contribution >= 4 is 25.0 Å². The second-order valence-corrected chi connectivity index (χ2v) is 6.13. The van der Waals surface area contributed by atoms with Crippen molar-refractivity contribution in [3.8, 4) is 0 Å². The molecule has 1 aromatic heterocycles. The third-order valence-electron chi connectivity index (χ3n) is 3.98. The summed E-state index contributed by atoms with van der Waals surface area (Å²) >= 11 is 4.70. The average Bonchev–Trinajstić information content (AvgIpc) is 3.16. The minimum Gasteiger partial charge on any atom is -0.498 e. The van der Waals surface area contributed by atoms with Crippen LogP contribution in [-0.2, 0) is 21.6 Å². The second kappa shape index (κ2) is 6.94. The molecule has 0 aliphatic carbocycles. The maximum Gasteiger partial charge on any atom is 0.183 e. The van der Waals surface area contributed by atoms with Gasteiger partial charge in [0.15, 0.2) is 7.85 Å². The molecule has 1 saturated heterocycles. The fourth-order valence-electron chi connectivity index (χ4n) is 2.99. The Morgan fingerprint density at radius 1 is 1.50 bits per heavy atom. The fourth-order valence-corrected chi connectivity index (χ4v) is 3.05. The van der Waals surface area contributed by atoms with Gasteiger partial charge in [-0.05, 0) is 12.5 Å². The van der Waals surface area contributed by atoms with Gasteiger partial charge in [0.2, 0.25) is 0 Å². The van der Waals surface area contributed by atoms with Crippen LogP contribution in [0, 0.1) is 17.6 Å². The van der Waals surface area contributed by atoms with E-state index in [0.717, 1.165) is 6.07 Å². The highest BCUT2D eigenvalue weighted by Crippen LogP contribution is 2.41. The lowest BCUT2D eigenvalue weighted by Crippen LogP contribution is -2.32. The van der Waals surface area contributed by atoms with Gasteiger partial charge >= 0.3 is 0 Å². The maximum absolute atomic E-state index is 14.4. The predicted octanol–water partition coefficient (Wildman–Crippen LogP) is 1.96. The summed E-state index contributed by atoms with van der Waals surface area (Å²) < 4.78 is 40.3. The van der Waals surface area contributed by atoms with Crippen molar-refractivity contribution in [3.63, 3.8) is 0 Å². The monoisotopic (exact) mass is 349 g/mol. The zero-order chi connectivity index (χ0) is 17.2. The van der Waals surface area contributed by atoms with E-state index in [0.29, 0.717) is 13.0 Å². The molecule has 1 fully saturated rings. The molecule has 2 radical (unpaired) electrons. The molecule has 24 heavy (non-hydrogen) atoms. The molecule has 2 aromatic rings. The van der Waals surface area contributed by atoms with Gasteiger partial charge in [0.25, 0.3) is 0 Å². The van der Waals surface area contributed by atoms with Crippen molar-refractivity contribution in [3.05, 3.63) is 48.1 Å². The van der Waals surface area contributed by atoms with Gasteiger partial charge in [-0.1, -0.05) is 18.3 Å². The van der Waals surface area contributed by atoms with Crippen LogP contribution in [0.25, 0.3) is 0 Å². The van der Waals surface area contributed by atoms with Crippen LogP contribution >= 0.6 is 12.2 Å². The molecule has 3 rings (SSSR count). The summed E-state index contributed by atoms with van der Waals surface area (Å²) in [7, 11) is 5.34. The number of ether oxygens (including phenoxy) is 2. The highest BCUT2D eigenvalue weighted by molar-refractivity contribution is 7.82. The Labute approximate surface area is 144 Å². The number of halogens is 2. The van der Waals surface area contributed by atoms with Crippen LogP contribution in [0.5, 0.6) is 0 Å². The van der Waals surface area contributed by atoms with E-state index >= 15 is 0 Å². The van der Waals surface area contributed by atoms with Crippen molar-refractivity contribution in [2.24, 2.45) is 5.92 Å². The fraction of sp³-hybridized carbons (Fsp3) is 0.400. The van der Waals surface area contributed by atoms with Gasteiger partial charge in [0.1, 0.15) is 29.9 Å². The zero-order valence-electron chi connectivity index (χ0n) is 12.7. The molecular weight excluding hydrogens is 335 g/mol. The van der Waals surface area contributed by atoms with Crippen molar-refractivity contribution in [1.29, 1.82) is 0 Å². The number of hydrogen-bond donors (Lipinski definition) is 0. The molecule has 124 valence electrons. The van der Waals surface area contributed by atoms with E-state index in [4.69, 9.17) is 29.5 Å². The van der Waals surface area contributed by atoms with Gasteiger partial charge < -0.3 is 9.47 Å². The number of benzene rings is 1. The van der Waals surface area contributed by atoms with Crippen molar-refractivity contribution in [1.82, 2.24) is 14.8 Å². The SMILES string of the molecule is [B]C(=S)OC[C@@H]1CO[C@](Cn2cncn2)(c2ccc(F)cc2F)C1. The molecule has 0 N–H and O–H groups in total. The van der Waals surface area contributed by atoms with E-state index in [1.165, 1.54) is 24.8 Å². The normalized spacial score (nSPS) is 23.3. The molecule has 0 unspecified atom stereocenters. The van der Waals surface area contributed by atoms with E-state index in [1.54, 1.807) is 4.68 Å². The summed E-state index contributed by atoms with van der Waals surface area (Å²) in [6.45, 7) is 0.866. The number of hydrogen-bond acceptors (Lipinski definition) is 5. The molecule has 9 heteroatoms. The Morgan fingerprint density at radius 2 is 2.33 bits per heavy atom. The molecule has 1 aromatic carbocycles. The minimum absolute atomic E-state index is 0.0283. The molecule has 0 bridgehead atoms. The van der Waals surface area contributed by atoms with Crippen LogP contribution in [-0.4, -0.2) is 40.8 Å². The summed E-state index contributed by atoms with van der Waals surface area (Å²) in [4.78, 5) is 3.84. The quantitative estimate of drug-likeness (QED) is 0.610. The summed E-state index contributed by atoms with van der Waals surface area (Å²) in [6.07, 6.45) is 3.36.